The van der Waals surface area contributed by atoms with Crippen LogP contribution in [-0.2, 0) is 11.3 Å². The highest BCUT2D eigenvalue weighted by Crippen LogP contribution is 2.20. The number of hydrogen-bond acceptors (Lipinski definition) is 4. The first-order valence-corrected chi connectivity index (χ1v) is 6.21. The van der Waals surface area contributed by atoms with E-state index in [1.165, 1.54) is 0 Å². The zero-order valence-corrected chi connectivity index (χ0v) is 11.2. The summed E-state index contributed by atoms with van der Waals surface area (Å²) in [6.07, 6.45) is 0. The summed E-state index contributed by atoms with van der Waals surface area (Å²) in [6.45, 7) is 6.14. The largest absolute Gasteiger partial charge is 0.373 e. The van der Waals surface area contributed by atoms with Crippen molar-refractivity contribution < 1.29 is 4.79 Å². The van der Waals surface area contributed by atoms with Crippen molar-refractivity contribution >= 4 is 11.7 Å². The van der Waals surface area contributed by atoms with Crippen molar-refractivity contribution in [1.82, 2.24) is 15.2 Å². The number of hydrogen-bond donors (Lipinski definition) is 2. The van der Waals surface area contributed by atoms with Gasteiger partial charge in [0.15, 0.2) is 0 Å². The van der Waals surface area contributed by atoms with E-state index in [4.69, 9.17) is 0 Å². The fourth-order valence-corrected chi connectivity index (χ4v) is 2.12. The van der Waals surface area contributed by atoms with Gasteiger partial charge in [0, 0.05) is 26.7 Å². The molecule has 5 heteroatoms. The zero-order valence-electron chi connectivity index (χ0n) is 11.2. The molecule has 0 spiro atoms. The Bertz CT molecular complexity index is 444. The van der Waals surface area contributed by atoms with Gasteiger partial charge < -0.3 is 10.6 Å². The average Bonchev–Trinajstić information content (AvgIpc) is 2.36. The van der Waals surface area contributed by atoms with Gasteiger partial charge in [-0.3, -0.25) is 9.69 Å². The van der Waals surface area contributed by atoms with Crippen LogP contribution in [0, 0.1) is 0 Å². The van der Waals surface area contributed by atoms with E-state index in [2.05, 4.69) is 20.5 Å². The molecule has 0 radical (unpaired) electrons. The van der Waals surface area contributed by atoms with Crippen molar-refractivity contribution in [2.75, 3.05) is 25.5 Å². The molecule has 1 aromatic rings. The van der Waals surface area contributed by atoms with Crippen LogP contribution in [0.15, 0.2) is 18.2 Å². The molecule has 2 heterocycles. The van der Waals surface area contributed by atoms with Crippen LogP contribution < -0.4 is 10.6 Å². The highest BCUT2D eigenvalue weighted by molar-refractivity contribution is 5.86. The molecule has 18 heavy (non-hydrogen) atoms. The van der Waals surface area contributed by atoms with Gasteiger partial charge in [-0.15, -0.1) is 0 Å². The maximum Gasteiger partial charge on any atom is 0.240 e. The van der Waals surface area contributed by atoms with Gasteiger partial charge in [0.25, 0.3) is 0 Å². The van der Waals surface area contributed by atoms with Gasteiger partial charge in [-0.05, 0) is 26.0 Å². The van der Waals surface area contributed by atoms with Crippen molar-refractivity contribution in [3.05, 3.63) is 23.9 Å². The van der Waals surface area contributed by atoms with E-state index < -0.39 is 5.54 Å². The SMILES string of the molecule is CNc1cccc(CN2CCNC(=O)C2(C)C)n1. The lowest BCUT2D eigenvalue weighted by Gasteiger charge is -2.40. The predicted molar refractivity (Wildman–Crippen MR) is 71.3 cm³/mol. The van der Waals surface area contributed by atoms with Gasteiger partial charge in [0.05, 0.1) is 11.2 Å². The molecular formula is C13H20N4O. The molecule has 1 aliphatic rings. The molecule has 1 amide bonds. The van der Waals surface area contributed by atoms with E-state index >= 15 is 0 Å². The standard InChI is InChI=1S/C13H20N4O/c1-13(2)12(18)15-7-8-17(13)9-10-5-4-6-11(14-3)16-10/h4-6H,7-9H2,1-3H3,(H,14,16)(H,15,18). The first-order valence-electron chi connectivity index (χ1n) is 6.21. The van der Waals surface area contributed by atoms with Crippen LogP contribution in [0.1, 0.15) is 19.5 Å². The highest BCUT2D eigenvalue weighted by atomic mass is 16.2. The lowest BCUT2D eigenvalue weighted by Crippen LogP contribution is -2.61. The monoisotopic (exact) mass is 248 g/mol. The van der Waals surface area contributed by atoms with Crippen LogP contribution >= 0.6 is 0 Å². The van der Waals surface area contributed by atoms with Crippen molar-refractivity contribution in [3.63, 3.8) is 0 Å². The molecule has 1 aromatic heterocycles. The molecule has 0 saturated carbocycles. The molecule has 98 valence electrons. The van der Waals surface area contributed by atoms with E-state index in [0.717, 1.165) is 18.1 Å². The first-order chi connectivity index (χ1) is 8.54. The Balaban J connectivity index is 2.14. The molecule has 0 aromatic carbocycles. The number of carbonyl (C=O) groups excluding carboxylic acids is 1. The van der Waals surface area contributed by atoms with Crippen molar-refractivity contribution in [2.45, 2.75) is 25.9 Å². The fourth-order valence-electron chi connectivity index (χ4n) is 2.12. The number of nitrogens with one attached hydrogen (secondary N) is 2. The van der Waals surface area contributed by atoms with Crippen LogP contribution in [0.4, 0.5) is 5.82 Å². The maximum absolute atomic E-state index is 11.9. The minimum Gasteiger partial charge on any atom is -0.373 e. The van der Waals surface area contributed by atoms with Crippen LogP contribution in [0.5, 0.6) is 0 Å². The van der Waals surface area contributed by atoms with E-state index in [9.17, 15) is 4.79 Å². The van der Waals surface area contributed by atoms with Crippen LogP contribution in [0.3, 0.4) is 0 Å². The van der Waals surface area contributed by atoms with Gasteiger partial charge >= 0.3 is 0 Å². The molecule has 1 saturated heterocycles. The normalized spacial score (nSPS) is 19.4. The van der Waals surface area contributed by atoms with Crippen molar-refractivity contribution in [1.29, 1.82) is 0 Å². The zero-order chi connectivity index (χ0) is 13.2. The molecular weight excluding hydrogens is 228 g/mol. The molecule has 0 unspecified atom stereocenters. The quantitative estimate of drug-likeness (QED) is 0.832. The molecule has 1 fully saturated rings. The lowest BCUT2D eigenvalue weighted by molar-refractivity contribution is -0.135. The molecule has 5 nitrogen and oxygen atoms in total. The lowest BCUT2D eigenvalue weighted by atomic mass is 9.98. The van der Waals surface area contributed by atoms with Crippen LogP contribution in [-0.4, -0.2) is 41.5 Å². The van der Waals surface area contributed by atoms with Gasteiger partial charge in [0.2, 0.25) is 5.91 Å². The van der Waals surface area contributed by atoms with Gasteiger partial charge in [0.1, 0.15) is 5.82 Å². The molecule has 0 bridgehead atoms. The van der Waals surface area contributed by atoms with Gasteiger partial charge in [-0.1, -0.05) is 6.07 Å². The van der Waals surface area contributed by atoms with Gasteiger partial charge in [-0.2, -0.15) is 0 Å². The Morgan fingerprint density at radius 3 is 3.00 bits per heavy atom. The minimum atomic E-state index is -0.477. The average molecular weight is 248 g/mol. The Hall–Kier alpha value is -1.62. The summed E-state index contributed by atoms with van der Waals surface area (Å²) in [7, 11) is 1.85. The Morgan fingerprint density at radius 2 is 2.28 bits per heavy atom. The van der Waals surface area contributed by atoms with E-state index in [-0.39, 0.29) is 5.91 Å². The Morgan fingerprint density at radius 1 is 1.50 bits per heavy atom. The minimum absolute atomic E-state index is 0.0820. The third kappa shape index (κ3) is 2.46. The summed E-state index contributed by atoms with van der Waals surface area (Å²) < 4.78 is 0. The topological polar surface area (TPSA) is 57.3 Å². The summed E-state index contributed by atoms with van der Waals surface area (Å²) in [5.41, 5.74) is 0.500. The third-order valence-electron chi connectivity index (χ3n) is 3.43. The smallest absolute Gasteiger partial charge is 0.240 e. The summed E-state index contributed by atoms with van der Waals surface area (Å²) in [5.74, 6) is 0.935. The summed E-state index contributed by atoms with van der Waals surface area (Å²) in [6, 6.07) is 5.90. The third-order valence-corrected chi connectivity index (χ3v) is 3.43. The number of amides is 1. The van der Waals surface area contributed by atoms with E-state index in [1.807, 2.05) is 39.1 Å². The molecule has 0 aliphatic carbocycles. The summed E-state index contributed by atoms with van der Waals surface area (Å²) in [4.78, 5) is 18.5. The second kappa shape index (κ2) is 4.94. The van der Waals surface area contributed by atoms with Crippen LogP contribution in [0.2, 0.25) is 0 Å². The maximum atomic E-state index is 11.9. The molecule has 0 atom stereocenters. The molecule has 1 aliphatic heterocycles. The Kier molecular flexibility index (Phi) is 3.52. The van der Waals surface area contributed by atoms with E-state index in [1.54, 1.807) is 0 Å². The number of nitrogens with zero attached hydrogens (tertiary/aromatic N) is 2. The molecule has 2 rings (SSSR count). The van der Waals surface area contributed by atoms with Crippen molar-refractivity contribution in [3.8, 4) is 0 Å². The summed E-state index contributed by atoms with van der Waals surface area (Å²) in [5, 5.41) is 5.92. The van der Waals surface area contributed by atoms with E-state index in [0.29, 0.717) is 13.1 Å². The number of pyridine rings is 1. The highest BCUT2D eigenvalue weighted by Gasteiger charge is 2.37. The number of rotatable bonds is 3. The predicted octanol–water partition coefficient (Wildman–Crippen LogP) is 0.834. The Labute approximate surface area is 108 Å². The van der Waals surface area contributed by atoms with Crippen LogP contribution in [0.25, 0.3) is 0 Å². The molecule has 2 N–H and O–H groups in total. The van der Waals surface area contributed by atoms with Gasteiger partial charge in [-0.25, -0.2) is 4.98 Å². The summed E-state index contributed by atoms with van der Waals surface area (Å²) >= 11 is 0. The van der Waals surface area contributed by atoms with Crippen molar-refractivity contribution in [2.24, 2.45) is 0 Å². The second-order valence-electron chi connectivity index (χ2n) is 5.00. The number of aromatic nitrogens is 1. The second-order valence-corrected chi connectivity index (χ2v) is 5.00. The first kappa shape index (κ1) is 12.8. The fraction of sp³-hybridized carbons (Fsp3) is 0.538. The number of anilines is 1. The number of carbonyl (C=O) groups is 1. The number of piperazine rings is 1.